The van der Waals surface area contributed by atoms with Crippen LogP contribution in [0.3, 0.4) is 0 Å². The molecule has 19 heavy (non-hydrogen) atoms. The molecule has 1 aliphatic rings. The van der Waals surface area contributed by atoms with Crippen LogP contribution < -0.4 is 5.32 Å². The van der Waals surface area contributed by atoms with Crippen molar-refractivity contribution in [2.75, 3.05) is 27.2 Å². The Bertz CT molecular complexity index is 438. The number of carbonyl (C=O) groups excluding carboxylic acids is 1. The lowest BCUT2D eigenvalue weighted by Crippen LogP contribution is -2.50. The monoisotopic (exact) mass is 264 g/mol. The van der Waals surface area contributed by atoms with E-state index in [0.717, 1.165) is 31.4 Å². The van der Waals surface area contributed by atoms with Crippen LogP contribution in [0.1, 0.15) is 24.8 Å². The van der Waals surface area contributed by atoms with Crippen LogP contribution in [0.5, 0.6) is 0 Å². The molecule has 1 aromatic carbocycles. The molecule has 0 atom stereocenters. The molecule has 104 valence electrons. The average Bonchev–Trinajstić information content (AvgIpc) is 2.29. The van der Waals surface area contributed by atoms with E-state index in [1.165, 1.54) is 12.1 Å². The number of likely N-dealkylation sites (N-methyl/N-ethyl adjacent to an activating group) is 1. The quantitative estimate of drug-likeness (QED) is 0.881. The highest BCUT2D eigenvalue weighted by Gasteiger charge is 2.45. The SMILES string of the molecule is CN(C)CCNC(=O)C1(c2ccc(F)cc2)CCC1. The van der Waals surface area contributed by atoms with Gasteiger partial charge in [0.25, 0.3) is 0 Å². The fourth-order valence-electron chi connectivity index (χ4n) is 2.51. The molecule has 1 aliphatic carbocycles. The molecule has 1 aromatic rings. The molecule has 0 bridgehead atoms. The Labute approximate surface area is 113 Å². The fourth-order valence-corrected chi connectivity index (χ4v) is 2.51. The second-order valence-electron chi connectivity index (χ2n) is 5.50. The third-order valence-electron chi connectivity index (χ3n) is 3.88. The van der Waals surface area contributed by atoms with Gasteiger partial charge in [-0.1, -0.05) is 18.6 Å². The predicted molar refractivity (Wildman–Crippen MR) is 73.5 cm³/mol. The zero-order chi connectivity index (χ0) is 13.9. The average molecular weight is 264 g/mol. The Morgan fingerprint density at radius 3 is 2.42 bits per heavy atom. The number of nitrogens with zero attached hydrogens (tertiary/aromatic N) is 1. The highest BCUT2D eigenvalue weighted by molar-refractivity contribution is 5.89. The second kappa shape index (κ2) is 5.70. The van der Waals surface area contributed by atoms with E-state index in [9.17, 15) is 9.18 Å². The molecule has 1 saturated carbocycles. The van der Waals surface area contributed by atoms with E-state index in [1.807, 2.05) is 19.0 Å². The zero-order valence-electron chi connectivity index (χ0n) is 11.6. The lowest BCUT2D eigenvalue weighted by Gasteiger charge is -2.40. The minimum Gasteiger partial charge on any atom is -0.354 e. The molecule has 0 aliphatic heterocycles. The second-order valence-corrected chi connectivity index (χ2v) is 5.50. The molecule has 3 nitrogen and oxygen atoms in total. The van der Waals surface area contributed by atoms with Gasteiger partial charge in [-0.2, -0.15) is 0 Å². The number of hydrogen-bond acceptors (Lipinski definition) is 2. The molecule has 2 rings (SSSR count). The first-order chi connectivity index (χ1) is 9.04. The van der Waals surface area contributed by atoms with Crippen molar-refractivity contribution >= 4 is 5.91 Å². The predicted octanol–water partition coefficient (Wildman–Crippen LogP) is 1.93. The van der Waals surface area contributed by atoms with Crippen LogP contribution in [0.2, 0.25) is 0 Å². The van der Waals surface area contributed by atoms with Crippen molar-refractivity contribution in [1.82, 2.24) is 10.2 Å². The van der Waals surface area contributed by atoms with Crippen molar-refractivity contribution in [2.24, 2.45) is 0 Å². The lowest BCUT2D eigenvalue weighted by atomic mass is 9.64. The molecule has 0 saturated heterocycles. The van der Waals surface area contributed by atoms with Gasteiger partial charge in [-0.25, -0.2) is 4.39 Å². The minimum absolute atomic E-state index is 0.0761. The minimum atomic E-state index is -0.431. The lowest BCUT2D eigenvalue weighted by molar-refractivity contribution is -0.129. The van der Waals surface area contributed by atoms with Gasteiger partial charge in [0, 0.05) is 13.1 Å². The number of amides is 1. The summed E-state index contributed by atoms with van der Waals surface area (Å²) in [4.78, 5) is 14.4. The van der Waals surface area contributed by atoms with Gasteiger partial charge in [-0.05, 0) is 44.6 Å². The molecule has 1 fully saturated rings. The molecule has 0 spiro atoms. The topological polar surface area (TPSA) is 32.3 Å². The maximum atomic E-state index is 13.0. The Morgan fingerprint density at radius 2 is 1.95 bits per heavy atom. The number of rotatable bonds is 5. The summed E-state index contributed by atoms with van der Waals surface area (Å²) < 4.78 is 13.0. The highest BCUT2D eigenvalue weighted by Crippen LogP contribution is 2.43. The van der Waals surface area contributed by atoms with Crippen molar-refractivity contribution < 1.29 is 9.18 Å². The van der Waals surface area contributed by atoms with E-state index in [4.69, 9.17) is 0 Å². The normalized spacial score (nSPS) is 17.1. The van der Waals surface area contributed by atoms with Crippen LogP contribution in [-0.2, 0) is 10.2 Å². The molecular formula is C15H21FN2O. The van der Waals surface area contributed by atoms with Crippen LogP contribution in [0, 0.1) is 5.82 Å². The zero-order valence-corrected chi connectivity index (χ0v) is 11.6. The Balaban J connectivity index is 2.05. The van der Waals surface area contributed by atoms with Gasteiger partial charge < -0.3 is 10.2 Å². The van der Waals surface area contributed by atoms with Crippen LogP contribution in [0.25, 0.3) is 0 Å². The first-order valence-corrected chi connectivity index (χ1v) is 6.74. The molecule has 1 N–H and O–H groups in total. The van der Waals surface area contributed by atoms with Gasteiger partial charge in [0.2, 0.25) is 5.91 Å². The first kappa shape index (κ1) is 14.0. The molecule has 0 heterocycles. The third-order valence-corrected chi connectivity index (χ3v) is 3.88. The van der Waals surface area contributed by atoms with Crippen molar-refractivity contribution in [3.8, 4) is 0 Å². The van der Waals surface area contributed by atoms with Gasteiger partial charge in [-0.15, -0.1) is 0 Å². The maximum absolute atomic E-state index is 13.0. The van der Waals surface area contributed by atoms with E-state index in [1.54, 1.807) is 12.1 Å². The molecular weight excluding hydrogens is 243 g/mol. The van der Waals surface area contributed by atoms with Gasteiger partial charge in [0.15, 0.2) is 0 Å². The van der Waals surface area contributed by atoms with Gasteiger partial charge in [0.05, 0.1) is 5.41 Å². The molecule has 0 unspecified atom stereocenters. The van der Waals surface area contributed by atoms with Crippen LogP contribution in [0.15, 0.2) is 24.3 Å². The van der Waals surface area contributed by atoms with Crippen molar-refractivity contribution in [1.29, 1.82) is 0 Å². The molecule has 0 radical (unpaired) electrons. The number of hydrogen-bond donors (Lipinski definition) is 1. The summed E-state index contributed by atoms with van der Waals surface area (Å²) in [6.07, 6.45) is 2.76. The Hall–Kier alpha value is -1.42. The van der Waals surface area contributed by atoms with E-state index in [0.29, 0.717) is 6.54 Å². The smallest absolute Gasteiger partial charge is 0.230 e. The number of nitrogens with one attached hydrogen (secondary N) is 1. The molecule has 4 heteroatoms. The molecule has 1 amide bonds. The van der Waals surface area contributed by atoms with E-state index < -0.39 is 5.41 Å². The van der Waals surface area contributed by atoms with Gasteiger partial charge in [0.1, 0.15) is 5.82 Å². The largest absolute Gasteiger partial charge is 0.354 e. The van der Waals surface area contributed by atoms with E-state index in [2.05, 4.69) is 5.32 Å². The van der Waals surface area contributed by atoms with Crippen molar-refractivity contribution in [3.05, 3.63) is 35.6 Å². The summed E-state index contributed by atoms with van der Waals surface area (Å²) in [5, 5.41) is 3.00. The standard InChI is InChI=1S/C15H21FN2O/c1-18(2)11-10-17-14(19)15(8-3-9-15)12-4-6-13(16)7-5-12/h4-7H,3,8-11H2,1-2H3,(H,17,19). The van der Waals surface area contributed by atoms with Crippen LogP contribution >= 0.6 is 0 Å². The highest BCUT2D eigenvalue weighted by atomic mass is 19.1. The summed E-state index contributed by atoms with van der Waals surface area (Å²) in [5.41, 5.74) is 0.502. The van der Waals surface area contributed by atoms with E-state index >= 15 is 0 Å². The third kappa shape index (κ3) is 2.95. The number of benzene rings is 1. The molecule has 0 aromatic heterocycles. The number of carbonyl (C=O) groups is 1. The Kier molecular flexibility index (Phi) is 4.20. The summed E-state index contributed by atoms with van der Waals surface area (Å²) >= 11 is 0. The van der Waals surface area contributed by atoms with Gasteiger partial charge >= 0.3 is 0 Å². The summed E-state index contributed by atoms with van der Waals surface area (Å²) in [6, 6.07) is 6.34. The number of halogens is 1. The summed E-state index contributed by atoms with van der Waals surface area (Å²) in [6.45, 7) is 1.47. The van der Waals surface area contributed by atoms with Crippen LogP contribution in [-0.4, -0.2) is 38.0 Å². The maximum Gasteiger partial charge on any atom is 0.230 e. The van der Waals surface area contributed by atoms with Crippen LogP contribution in [0.4, 0.5) is 4.39 Å². The fraction of sp³-hybridized carbons (Fsp3) is 0.533. The van der Waals surface area contributed by atoms with Gasteiger partial charge in [-0.3, -0.25) is 4.79 Å². The first-order valence-electron chi connectivity index (χ1n) is 6.74. The summed E-state index contributed by atoms with van der Waals surface area (Å²) in [7, 11) is 3.95. The van der Waals surface area contributed by atoms with E-state index in [-0.39, 0.29) is 11.7 Å². The Morgan fingerprint density at radius 1 is 1.32 bits per heavy atom. The summed E-state index contributed by atoms with van der Waals surface area (Å²) in [5.74, 6) is -0.182. The van der Waals surface area contributed by atoms with Crippen molar-refractivity contribution in [2.45, 2.75) is 24.7 Å². The van der Waals surface area contributed by atoms with Crippen molar-refractivity contribution in [3.63, 3.8) is 0 Å².